The number of carbonyl (C=O) groups is 1. The highest BCUT2D eigenvalue weighted by atomic mass is 16.3. The van der Waals surface area contributed by atoms with Crippen molar-refractivity contribution >= 4 is 5.78 Å². The Hall–Kier alpha value is -1.15. The molecule has 2 nitrogen and oxygen atoms in total. The molecule has 0 bridgehead atoms. The topological polar surface area (TPSA) is 37.3 Å². The van der Waals surface area contributed by atoms with Gasteiger partial charge in [0.1, 0.15) is 5.78 Å². The van der Waals surface area contributed by atoms with E-state index >= 15 is 0 Å². The molecule has 1 aromatic rings. The number of benzene rings is 1. The van der Waals surface area contributed by atoms with Gasteiger partial charge in [0.15, 0.2) is 0 Å². The van der Waals surface area contributed by atoms with E-state index in [9.17, 15) is 9.90 Å². The van der Waals surface area contributed by atoms with Crippen LogP contribution < -0.4 is 0 Å². The third kappa shape index (κ3) is 3.67. The predicted octanol–water partition coefficient (Wildman–Crippen LogP) is 3.03. The number of hydrogen-bond acceptors (Lipinski definition) is 2. The molecular weight excluding hydrogens is 224 g/mol. The standard InChI is InChI=1S/C16H24O2/c1-11-8-13(9-14(10-17)12(2)18)6-7-15(11)16(3,4)5/h6-8,14,17H,9-10H2,1-5H3/t14-/m1/s1. The molecule has 0 unspecified atom stereocenters. The quantitative estimate of drug-likeness (QED) is 0.889. The van der Waals surface area contributed by atoms with E-state index in [4.69, 9.17) is 0 Å². The average molecular weight is 248 g/mol. The first kappa shape index (κ1) is 14.9. The zero-order chi connectivity index (χ0) is 13.9. The molecule has 0 saturated carbocycles. The van der Waals surface area contributed by atoms with Crippen LogP contribution in [0.1, 0.15) is 44.4 Å². The number of Topliss-reactive ketones (excluding diaryl/α,β-unsaturated/α-hetero) is 1. The molecule has 100 valence electrons. The molecule has 0 spiro atoms. The Morgan fingerprint density at radius 1 is 1.33 bits per heavy atom. The summed E-state index contributed by atoms with van der Waals surface area (Å²) in [6, 6.07) is 6.34. The molecule has 0 fully saturated rings. The van der Waals surface area contributed by atoms with Crippen molar-refractivity contribution in [2.45, 2.75) is 46.5 Å². The highest BCUT2D eigenvalue weighted by molar-refractivity contribution is 5.78. The summed E-state index contributed by atoms with van der Waals surface area (Å²) in [7, 11) is 0. The van der Waals surface area contributed by atoms with E-state index in [2.05, 4.69) is 45.9 Å². The summed E-state index contributed by atoms with van der Waals surface area (Å²) >= 11 is 0. The molecule has 2 heteroatoms. The van der Waals surface area contributed by atoms with Gasteiger partial charge in [0.2, 0.25) is 0 Å². The van der Waals surface area contributed by atoms with Crippen LogP contribution in [0.3, 0.4) is 0 Å². The minimum absolute atomic E-state index is 0.0510. The van der Waals surface area contributed by atoms with E-state index in [-0.39, 0.29) is 23.7 Å². The molecule has 0 radical (unpaired) electrons. The molecule has 0 aliphatic rings. The molecule has 1 rings (SSSR count). The Balaban J connectivity index is 2.95. The van der Waals surface area contributed by atoms with Crippen molar-refractivity contribution in [3.8, 4) is 0 Å². The van der Waals surface area contributed by atoms with E-state index in [1.54, 1.807) is 0 Å². The van der Waals surface area contributed by atoms with Crippen LogP contribution >= 0.6 is 0 Å². The van der Waals surface area contributed by atoms with Crippen LogP contribution in [-0.4, -0.2) is 17.5 Å². The van der Waals surface area contributed by atoms with Gasteiger partial charge in [-0.3, -0.25) is 4.79 Å². The van der Waals surface area contributed by atoms with Crippen molar-refractivity contribution in [3.05, 3.63) is 34.9 Å². The van der Waals surface area contributed by atoms with E-state index in [1.807, 2.05) is 0 Å². The highest BCUT2D eigenvalue weighted by Crippen LogP contribution is 2.26. The van der Waals surface area contributed by atoms with Gasteiger partial charge in [0, 0.05) is 5.92 Å². The van der Waals surface area contributed by atoms with Gasteiger partial charge < -0.3 is 5.11 Å². The zero-order valence-electron chi connectivity index (χ0n) is 12.1. The summed E-state index contributed by atoms with van der Waals surface area (Å²) in [6.07, 6.45) is 0.622. The first-order chi connectivity index (χ1) is 8.25. The number of hydrogen-bond donors (Lipinski definition) is 1. The second-order valence-electron chi connectivity index (χ2n) is 6.09. The van der Waals surface area contributed by atoms with E-state index in [0.29, 0.717) is 6.42 Å². The smallest absolute Gasteiger partial charge is 0.135 e. The number of aliphatic hydroxyl groups excluding tert-OH is 1. The lowest BCUT2D eigenvalue weighted by Crippen LogP contribution is -2.19. The monoisotopic (exact) mass is 248 g/mol. The average Bonchev–Trinajstić information content (AvgIpc) is 2.23. The SMILES string of the molecule is CC(=O)[C@@H](CO)Cc1ccc(C(C)(C)C)c(C)c1. The third-order valence-electron chi connectivity index (χ3n) is 3.38. The molecule has 0 saturated heterocycles. The third-order valence-corrected chi connectivity index (χ3v) is 3.38. The first-order valence-electron chi connectivity index (χ1n) is 6.47. The number of aliphatic hydroxyl groups is 1. The lowest BCUT2D eigenvalue weighted by molar-refractivity contribution is -0.121. The van der Waals surface area contributed by atoms with Crippen molar-refractivity contribution in [2.24, 2.45) is 5.92 Å². The molecule has 1 atom stereocenters. The summed E-state index contributed by atoms with van der Waals surface area (Å²) in [6.45, 7) is 10.2. The molecule has 0 aromatic heterocycles. The Bertz CT molecular complexity index is 427. The van der Waals surface area contributed by atoms with Gasteiger partial charge in [-0.05, 0) is 42.4 Å². The van der Waals surface area contributed by atoms with Crippen molar-refractivity contribution in [1.29, 1.82) is 0 Å². The number of aryl methyl sites for hydroxylation is 1. The number of ketones is 1. The van der Waals surface area contributed by atoms with Crippen LogP contribution in [-0.2, 0) is 16.6 Å². The molecule has 0 aliphatic heterocycles. The fourth-order valence-electron chi connectivity index (χ4n) is 2.32. The normalized spacial score (nSPS) is 13.4. The maximum absolute atomic E-state index is 11.3. The Morgan fingerprint density at radius 2 is 1.94 bits per heavy atom. The van der Waals surface area contributed by atoms with Crippen molar-refractivity contribution < 1.29 is 9.90 Å². The second-order valence-corrected chi connectivity index (χ2v) is 6.09. The summed E-state index contributed by atoms with van der Waals surface area (Å²) in [4.78, 5) is 11.3. The highest BCUT2D eigenvalue weighted by Gasteiger charge is 2.18. The molecule has 0 heterocycles. The van der Waals surface area contributed by atoms with Crippen LogP contribution in [0.2, 0.25) is 0 Å². The molecule has 1 N–H and O–H groups in total. The maximum Gasteiger partial charge on any atom is 0.135 e. The van der Waals surface area contributed by atoms with Gasteiger partial charge in [0.05, 0.1) is 6.61 Å². The minimum atomic E-state index is -0.273. The summed E-state index contributed by atoms with van der Waals surface area (Å²) in [5, 5.41) is 9.19. The van der Waals surface area contributed by atoms with Crippen LogP contribution in [0.5, 0.6) is 0 Å². The first-order valence-corrected chi connectivity index (χ1v) is 6.47. The molecular formula is C16H24O2. The summed E-state index contributed by atoms with van der Waals surface area (Å²) in [5.41, 5.74) is 3.84. The van der Waals surface area contributed by atoms with E-state index in [1.165, 1.54) is 18.1 Å². The predicted molar refractivity (Wildman–Crippen MR) is 74.8 cm³/mol. The lowest BCUT2D eigenvalue weighted by Gasteiger charge is -2.22. The van der Waals surface area contributed by atoms with Crippen LogP contribution in [0.4, 0.5) is 0 Å². The van der Waals surface area contributed by atoms with Gasteiger partial charge in [-0.25, -0.2) is 0 Å². The molecule has 1 aromatic carbocycles. The van der Waals surface area contributed by atoms with Crippen molar-refractivity contribution in [3.63, 3.8) is 0 Å². The van der Waals surface area contributed by atoms with Gasteiger partial charge in [-0.2, -0.15) is 0 Å². The van der Waals surface area contributed by atoms with Crippen LogP contribution in [0, 0.1) is 12.8 Å². The number of rotatable bonds is 4. The number of carbonyl (C=O) groups excluding carboxylic acids is 1. The Labute approximate surface area is 110 Å². The molecule has 0 aliphatic carbocycles. The zero-order valence-corrected chi connectivity index (χ0v) is 12.1. The van der Waals surface area contributed by atoms with E-state index in [0.717, 1.165) is 5.56 Å². The lowest BCUT2D eigenvalue weighted by atomic mass is 9.83. The van der Waals surface area contributed by atoms with Crippen molar-refractivity contribution in [2.75, 3.05) is 6.61 Å². The second kappa shape index (κ2) is 5.66. The molecule has 0 amide bonds. The van der Waals surface area contributed by atoms with Gasteiger partial charge in [-0.1, -0.05) is 39.0 Å². The fraction of sp³-hybridized carbons (Fsp3) is 0.562. The van der Waals surface area contributed by atoms with Gasteiger partial charge >= 0.3 is 0 Å². The van der Waals surface area contributed by atoms with Crippen molar-refractivity contribution in [1.82, 2.24) is 0 Å². The minimum Gasteiger partial charge on any atom is -0.396 e. The van der Waals surface area contributed by atoms with Gasteiger partial charge in [-0.15, -0.1) is 0 Å². The van der Waals surface area contributed by atoms with Gasteiger partial charge in [0.25, 0.3) is 0 Å². The largest absolute Gasteiger partial charge is 0.396 e. The van der Waals surface area contributed by atoms with Crippen LogP contribution in [0.25, 0.3) is 0 Å². The summed E-state index contributed by atoms with van der Waals surface area (Å²) in [5.74, 6) is -0.222. The van der Waals surface area contributed by atoms with Crippen LogP contribution in [0.15, 0.2) is 18.2 Å². The maximum atomic E-state index is 11.3. The summed E-state index contributed by atoms with van der Waals surface area (Å²) < 4.78 is 0. The molecule has 18 heavy (non-hydrogen) atoms. The van der Waals surface area contributed by atoms with E-state index < -0.39 is 0 Å². The Morgan fingerprint density at radius 3 is 2.33 bits per heavy atom. The Kier molecular flexibility index (Phi) is 4.69. The fourth-order valence-corrected chi connectivity index (χ4v) is 2.32.